The molecule has 0 heterocycles. The van der Waals surface area contributed by atoms with Crippen LogP contribution >= 0.6 is 0 Å². The fourth-order valence-electron chi connectivity index (χ4n) is 7.87. The maximum atomic E-state index is 10.7. The van der Waals surface area contributed by atoms with Gasteiger partial charge in [-0.25, -0.2) is 0 Å². The van der Waals surface area contributed by atoms with E-state index < -0.39 is 5.60 Å². The lowest BCUT2D eigenvalue weighted by atomic mass is 9.70. The van der Waals surface area contributed by atoms with Crippen LogP contribution in [-0.2, 0) is 10.8 Å². The molecule has 266 valence electrons. The number of benzene rings is 4. The fraction of sp³-hybridized carbons (Fsp3) is 0.435. The Labute approximate surface area is 301 Å². The highest BCUT2D eigenvalue weighted by Crippen LogP contribution is 2.42. The summed E-state index contributed by atoms with van der Waals surface area (Å²) in [6.07, 6.45) is 8.80. The van der Waals surface area contributed by atoms with Gasteiger partial charge in [0.25, 0.3) is 0 Å². The molecule has 4 aromatic carbocycles. The Hall–Kier alpha value is -4.20. The van der Waals surface area contributed by atoms with Crippen LogP contribution in [0.15, 0.2) is 72.8 Å². The molecule has 0 atom stereocenters. The monoisotopic (exact) mass is 674 g/mol. The van der Waals surface area contributed by atoms with E-state index in [2.05, 4.69) is 88.9 Å². The predicted molar refractivity (Wildman–Crippen MR) is 207 cm³/mol. The predicted octanol–water partition coefficient (Wildman–Crippen LogP) is 11.0. The van der Waals surface area contributed by atoms with Crippen molar-refractivity contribution in [3.63, 3.8) is 0 Å². The van der Waals surface area contributed by atoms with Crippen LogP contribution in [0.4, 0.5) is 0 Å². The van der Waals surface area contributed by atoms with E-state index in [4.69, 9.17) is 0 Å². The molecule has 1 aliphatic carbocycles. The van der Waals surface area contributed by atoms with Gasteiger partial charge >= 0.3 is 0 Å². The van der Waals surface area contributed by atoms with Crippen LogP contribution in [-0.4, -0.2) is 26.0 Å². The van der Waals surface area contributed by atoms with E-state index in [1.165, 1.54) is 28.7 Å². The first-order valence-corrected chi connectivity index (χ1v) is 18.5. The van der Waals surface area contributed by atoms with E-state index in [0.29, 0.717) is 17.2 Å². The number of phenols is 3. The van der Waals surface area contributed by atoms with Crippen LogP contribution < -0.4 is 0 Å². The Balaban J connectivity index is 0.000000237. The summed E-state index contributed by atoms with van der Waals surface area (Å²) in [6, 6.07) is 24.3. The van der Waals surface area contributed by atoms with Crippen LogP contribution in [0.25, 0.3) is 0 Å². The summed E-state index contributed by atoms with van der Waals surface area (Å²) in [6.45, 7) is 16.8. The van der Waals surface area contributed by atoms with Gasteiger partial charge in [0, 0.05) is 16.4 Å². The lowest BCUT2D eigenvalue weighted by Gasteiger charge is -2.34. The maximum absolute atomic E-state index is 10.7. The second kappa shape index (κ2) is 16.2. The smallest absolute Gasteiger partial charge is 0.125 e. The first kappa shape index (κ1) is 38.6. The Morgan fingerprint density at radius 3 is 1.18 bits per heavy atom. The van der Waals surface area contributed by atoms with Crippen molar-refractivity contribution in [2.24, 2.45) is 0 Å². The Morgan fingerprint density at radius 1 is 0.520 bits per heavy atom. The van der Waals surface area contributed by atoms with Gasteiger partial charge in [0.15, 0.2) is 0 Å². The summed E-state index contributed by atoms with van der Waals surface area (Å²) in [5.41, 5.74) is 8.82. The van der Waals surface area contributed by atoms with Crippen molar-refractivity contribution in [1.82, 2.24) is 0 Å². The topological polar surface area (TPSA) is 80.9 Å². The maximum Gasteiger partial charge on any atom is 0.125 e. The second-order valence-electron chi connectivity index (χ2n) is 14.5. The van der Waals surface area contributed by atoms with Crippen LogP contribution in [0.2, 0.25) is 0 Å². The molecule has 4 heteroatoms. The van der Waals surface area contributed by atoms with Crippen molar-refractivity contribution in [3.05, 3.63) is 123 Å². The van der Waals surface area contributed by atoms with E-state index in [-0.39, 0.29) is 10.8 Å². The van der Waals surface area contributed by atoms with Crippen molar-refractivity contribution < 1.29 is 20.4 Å². The molecule has 5 rings (SSSR count). The van der Waals surface area contributed by atoms with E-state index in [0.717, 1.165) is 79.2 Å². The Morgan fingerprint density at radius 2 is 0.860 bits per heavy atom. The lowest BCUT2D eigenvalue weighted by molar-refractivity contribution is 0.0610. The standard InChI is InChI=1S/C27H34O2.C19H24O2/c1-5-27(6-2,24-12-13-25(28)21(4)19-24)23-11-10-22(20(3)18-23)14-17-26(29)15-8-7-9-16-26;1-5-19(6-2,15-7-9-17(20)13(3)11-15)16-8-10-18(21)14(4)12-16/h10-13,18-19,28-29H,5-9,15-16H2,1-4H3;7-12,20-21H,5-6H2,1-4H3. The zero-order valence-electron chi connectivity index (χ0n) is 31.6. The summed E-state index contributed by atoms with van der Waals surface area (Å²) in [5.74, 6) is 7.44. The number of hydrogen-bond acceptors (Lipinski definition) is 4. The number of aryl methyl sites for hydroxylation is 4. The summed E-state index contributed by atoms with van der Waals surface area (Å²) in [7, 11) is 0. The summed E-state index contributed by atoms with van der Waals surface area (Å²) < 4.78 is 0. The third kappa shape index (κ3) is 8.06. The van der Waals surface area contributed by atoms with Gasteiger partial charge in [-0.05, 0) is 148 Å². The van der Waals surface area contributed by atoms with Gasteiger partial charge in [-0.2, -0.15) is 0 Å². The highest BCUT2D eigenvalue weighted by molar-refractivity contribution is 5.50. The van der Waals surface area contributed by atoms with Crippen LogP contribution in [0, 0.1) is 39.5 Å². The summed E-state index contributed by atoms with van der Waals surface area (Å²) >= 11 is 0. The Bertz CT molecular complexity index is 1770. The highest BCUT2D eigenvalue weighted by atomic mass is 16.3. The molecule has 4 nitrogen and oxygen atoms in total. The van der Waals surface area contributed by atoms with Crippen molar-refractivity contribution in [2.45, 2.75) is 130 Å². The van der Waals surface area contributed by atoms with Crippen LogP contribution in [0.1, 0.15) is 136 Å². The van der Waals surface area contributed by atoms with Gasteiger partial charge in [0.1, 0.15) is 22.8 Å². The van der Waals surface area contributed by atoms with E-state index in [9.17, 15) is 20.4 Å². The SMILES string of the molecule is CCC(CC)(c1ccc(O)c(C)c1)c1ccc(C#CC2(O)CCCCC2)c(C)c1.CCC(CC)(c1ccc(O)c(C)c1)c1ccc(O)c(C)c1. The molecule has 1 aliphatic rings. The molecule has 4 N–H and O–H groups in total. The molecule has 0 bridgehead atoms. The largest absolute Gasteiger partial charge is 0.508 e. The molecule has 1 saturated carbocycles. The summed E-state index contributed by atoms with van der Waals surface area (Å²) in [5, 5.41) is 40.2. The third-order valence-corrected chi connectivity index (χ3v) is 11.6. The van der Waals surface area contributed by atoms with E-state index in [1.807, 2.05) is 39.0 Å². The molecule has 0 spiro atoms. The number of aromatic hydroxyl groups is 3. The number of rotatable bonds is 8. The van der Waals surface area contributed by atoms with Gasteiger partial charge in [0.05, 0.1) is 0 Å². The fourth-order valence-corrected chi connectivity index (χ4v) is 7.87. The van der Waals surface area contributed by atoms with Gasteiger partial charge in [-0.3, -0.25) is 0 Å². The first-order valence-electron chi connectivity index (χ1n) is 18.5. The number of aliphatic hydroxyl groups is 1. The molecule has 0 aliphatic heterocycles. The minimum Gasteiger partial charge on any atom is -0.508 e. The number of phenolic OH excluding ortho intramolecular Hbond substituents is 3. The van der Waals surface area contributed by atoms with Gasteiger partial charge in [-0.1, -0.05) is 94.5 Å². The molecule has 0 aromatic heterocycles. The van der Waals surface area contributed by atoms with Crippen molar-refractivity contribution in [2.75, 3.05) is 0 Å². The zero-order valence-corrected chi connectivity index (χ0v) is 31.6. The van der Waals surface area contributed by atoms with E-state index >= 15 is 0 Å². The molecular weight excluding hydrogens is 617 g/mol. The minimum absolute atomic E-state index is 0.0864. The molecular formula is C46H58O4. The molecule has 0 amide bonds. The molecule has 0 saturated heterocycles. The molecule has 0 unspecified atom stereocenters. The van der Waals surface area contributed by atoms with Crippen LogP contribution in [0.3, 0.4) is 0 Å². The first-order chi connectivity index (χ1) is 23.8. The summed E-state index contributed by atoms with van der Waals surface area (Å²) in [4.78, 5) is 0. The Kier molecular flexibility index (Phi) is 12.5. The van der Waals surface area contributed by atoms with Gasteiger partial charge in [0.2, 0.25) is 0 Å². The van der Waals surface area contributed by atoms with Crippen molar-refractivity contribution in [1.29, 1.82) is 0 Å². The van der Waals surface area contributed by atoms with Gasteiger partial charge < -0.3 is 20.4 Å². The lowest BCUT2D eigenvalue weighted by Crippen LogP contribution is -2.29. The van der Waals surface area contributed by atoms with Crippen molar-refractivity contribution in [3.8, 4) is 29.1 Å². The molecule has 50 heavy (non-hydrogen) atoms. The normalized spacial score (nSPS) is 14.3. The molecule has 4 aromatic rings. The molecule has 1 fully saturated rings. The number of hydrogen-bond donors (Lipinski definition) is 4. The van der Waals surface area contributed by atoms with Gasteiger partial charge in [-0.15, -0.1) is 0 Å². The third-order valence-electron chi connectivity index (χ3n) is 11.6. The highest BCUT2D eigenvalue weighted by Gasteiger charge is 2.33. The van der Waals surface area contributed by atoms with Crippen LogP contribution in [0.5, 0.6) is 17.2 Å². The zero-order chi connectivity index (χ0) is 36.7. The molecule has 0 radical (unpaired) electrons. The quantitative estimate of drug-likeness (QED) is 0.140. The minimum atomic E-state index is -0.816. The van der Waals surface area contributed by atoms with Crippen molar-refractivity contribution >= 4 is 0 Å². The average Bonchev–Trinajstić information content (AvgIpc) is 3.11. The second-order valence-corrected chi connectivity index (χ2v) is 14.5. The van der Waals surface area contributed by atoms with E-state index in [1.54, 1.807) is 12.1 Å². The average molecular weight is 675 g/mol.